The zero-order valence-electron chi connectivity index (χ0n) is 15.5. The van der Waals surface area contributed by atoms with Gasteiger partial charge in [0.05, 0.1) is 29.7 Å². The third-order valence-corrected chi connectivity index (χ3v) is 5.18. The van der Waals surface area contributed by atoms with Gasteiger partial charge in [-0.25, -0.2) is 0 Å². The van der Waals surface area contributed by atoms with Crippen LogP contribution in [0.1, 0.15) is 30.0 Å². The van der Waals surface area contributed by atoms with Crippen LogP contribution in [0, 0.1) is 0 Å². The Hall–Kier alpha value is -3.26. The first kappa shape index (κ1) is 16.9. The highest BCUT2D eigenvalue weighted by Crippen LogP contribution is 2.22. The van der Waals surface area contributed by atoms with Crippen LogP contribution in [0.25, 0.3) is 22.3 Å². The van der Waals surface area contributed by atoms with E-state index in [0.717, 1.165) is 41.7 Å². The number of nitrogens with zero attached hydrogens (tertiary/aromatic N) is 4. The number of hydrogen-bond donors (Lipinski definition) is 2. The molecule has 142 valence electrons. The molecule has 0 spiro atoms. The van der Waals surface area contributed by atoms with Crippen LogP contribution in [0.15, 0.2) is 45.8 Å². The van der Waals surface area contributed by atoms with Crippen molar-refractivity contribution in [3.63, 3.8) is 0 Å². The number of para-hydroxylation sites is 1. The molecular weight excluding hydrogens is 356 g/mol. The molecule has 8 heteroatoms. The molecule has 28 heavy (non-hydrogen) atoms. The molecule has 4 aromatic rings. The Bertz CT molecular complexity index is 1200. The largest absolute Gasteiger partial charge is 0.339 e. The normalized spacial score (nSPS) is 14.9. The van der Waals surface area contributed by atoms with E-state index in [1.807, 2.05) is 48.1 Å². The monoisotopic (exact) mass is 376 g/mol. The average Bonchev–Trinajstić information content (AvgIpc) is 3.35. The van der Waals surface area contributed by atoms with Crippen LogP contribution in [0.4, 0.5) is 0 Å². The molecule has 8 nitrogen and oxygen atoms in total. The van der Waals surface area contributed by atoms with Gasteiger partial charge < -0.3 is 14.8 Å². The number of pyridine rings is 1. The summed E-state index contributed by atoms with van der Waals surface area (Å²) >= 11 is 0. The van der Waals surface area contributed by atoms with Gasteiger partial charge in [-0.1, -0.05) is 30.3 Å². The van der Waals surface area contributed by atoms with Crippen LogP contribution in [0.2, 0.25) is 0 Å². The lowest BCUT2D eigenvalue weighted by molar-refractivity contribution is 0.344. The lowest BCUT2D eigenvalue weighted by Gasteiger charge is -2.16. The van der Waals surface area contributed by atoms with E-state index in [2.05, 4.69) is 25.5 Å². The van der Waals surface area contributed by atoms with E-state index in [4.69, 9.17) is 4.52 Å². The number of fused-ring (bicyclic) bond motifs is 2. The van der Waals surface area contributed by atoms with Gasteiger partial charge in [0.25, 0.3) is 5.56 Å². The SMILES string of the molecule is CC(Cn1ncc2ccccc21)c1nc(-c2cc3c([nH]c2=O)CCNC3)no1. The van der Waals surface area contributed by atoms with Gasteiger partial charge in [-0.2, -0.15) is 10.1 Å². The zero-order chi connectivity index (χ0) is 19.1. The van der Waals surface area contributed by atoms with Crippen molar-refractivity contribution < 1.29 is 4.52 Å². The fourth-order valence-electron chi connectivity index (χ4n) is 3.65. The van der Waals surface area contributed by atoms with Crippen molar-refractivity contribution in [2.45, 2.75) is 32.4 Å². The fourth-order valence-corrected chi connectivity index (χ4v) is 3.65. The van der Waals surface area contributed by atoms with E-state index in [0.29, 0.717) is 23.8 Å². The van der Waals surface area contributed by atoms with Crippen molar-refractivity contribution in [3.05, 3.63) is 64.0 Å². The van der Waals surface area contributed by atoms with E-state index < -0.39 is 0 Å². The van der Waals surface area contributed by atoms with Crippen LogP contribution in [0.3, 0.4) is 0 Å². The molecule has 1 atom stereocenters. The molecule has 1 aromatic carbocycles. The van der Waals surface area contributed by atoms with E-state index in [1.165, 1.54) is 0 Å². The van der Waals surface area contributed by atoms with Gasteiger partial charge in [0, 0.05) is 30.6 Å². The minimum absolute atomic E-state index is 0.0390. The summed E-state index contributed by atoms with van der Waals surface area (Å²) in [5.74, 6) is 0.773. The molecule has 0 aliphatic carbocycles. The molecule has 0 bridgehead atoms. The number of benzene rings is 1. The third-order valence-electron chi connectivity index (χ3n) is 5.18. The Labute approximate surface area is 160 Å². The third kappa shape index (κ3) is 2.91. The van der Waals surface area contributed by atoms with Crippen molar-refractivity contribution in [3.8, 4) is 11.4 Å². The first-order valence-corrected chi connectivity index (χ1v) is 9.39. The molecule has 0 saturated heterocycles. The molecule has 1 unspecified atom stereocenters. The van der Waals surface area contributed by atoms with Gasteiger partial charge in [-0.15, -0.1) is 0 Å². The van der Waals surface area contributed by atoms with Crippen LogP contribution in [-0.4, -0.2) is 31.4 Å². The molecule has 4 heterocycles. The summed E-state index contributed by atoms with van der Waals surface area (Å²) in [5.41, 5.74) is 3.37. The Morgan fingerprint density at radius 3 is 3.14 bits per heavy atom. The summed E-state index contributed by atoms with van der Waals surface area (Å²) in [5, 5.41) is 12.9. The zero-order valence-corrected chi connectivity index (χ0v) is 15.5. The maximum Gasteiger partial charge on any atom is 0.259 e. The molecule has 0 radical (unpaired) electrons. The number of H-pyrrole nitrogens is 1. The van der Waals surface area contributed by atoms with E-state index in [1.54, 1.807) is 0 Å². The molecule has 1 aliphatic rings. The summed E-state index contributed by atoms with van der Waals surface area (Å²) in [6.45, 7) is 4.22. The summed E-state index contributed by atoms with van der Waals surface area (Å²) in [4.78, 5) is 19.9. The number of aromatic nitrogens is 5. The highest BCUT2D eigenvalue weighted by atomic mass is 16.5. The van der Waals surface area contributed by atoms with Gasteiger partial charge >= 0.3 is 0 Å². The second-order valence-corrected chi connectivity index (χ2v) is 7.19. The first-order valence-electron chi connectivity index (χ1n) is 9.39. The summed E-state index contributed by atoms with van der Waals surface area (Å²) in [6, 6.07) is 9.92. The minimum atomic E-state index is -0.182. The van der Waals surface area contributed by atoms with Gasteiger partial charge in [0.2, 0.25) is 11.7 Å². The van der Waals surface area contributed by atoms with E-state index >= 15 is 0 Å². The van der Waals surface area contributed by atoms with Crippen LogP contribution >= 0.6 is 0 Å². The second-order valence-electron chi connectivity index (χ2n) is 7.19. The topological polar surface area (TPSA) is 102 Å². The molecule has 0 fully saturated rings. The van der Waals surface area contributed by atoms with Crippen molar-refractivity contribution >= 4 is 10.9 Å². The Morgan fingerprint density at radius 1 is 1.32 bits per heavy atom. The van der Waals surface area contributed by atoms with Gasteiger partial charge in [0.15, 0.2) is 0 Å². The molecule has 0 amide bonds. The number of aromatic amines is 1. The van der Waals surface area contributed by atoms with E-state index in [9.17, 15) is 4.79 Å². The number of hydrogen-bond acceptors (Lipinski definition) is 6. The molecule has 1 aliphatic heterocycles. The standard InChI is InChI=1S/C20H20N6O2/c1-12(11-26-17-5-3-2-4-13(17)10-22-26)20-24-18(25-28-20)15-8-14-9-21-7-6-16(14)23-19(15)27/h2-5,8,10,12,21H,6-7,9,11H2,1H3,(H,23,27). The molecule has 3 aromatic heterocycles. The predicted octanol–water partition coefficient (Wildman–Crippen LogP) is 2.22. The van der Waals surface area contributed by atoms with Crippen LogP contribution < -0.4 is 10.9 Å². The highest BCUT2D eigenvalue weighted by Gasteiger charge is 2.20. The minimum Gasteiger partial charge on any atom is -0.339 e. The maximum atomic E-state index is 12.5. The Morgan fingerprint density at radius 2 is 2.21 bits per heavy atom. The summed E-state index contributed by atoms with van der Waals surface area (Å²) < 4.78 is 7.40. The first-order chi connectivity index (χ1) is 13.7. The smallest absolute Gasteiger partial charge is 0.259 e. The van der Waals surface area contributed by atoms with E-state index in [-0.39, 0.29) is 11.5 Å². The lowest BCUT2D eigenvalue weighted by atomic mass is 10.0. The van der Waals surface area contributed by atoms with Crippen molar-refractivity contribution in [2.75, 3.05) is 6.54 Å². The highest BCUT2D eigenvalue weighted by molar-refractivity contribution is 5.78. The Balaban J connectivity index is 1.42. The average molecular weight is 376 g/mol. The van der Waals surface area contributed by atoms with Gasteiger partial charge in [-0.05, 0) is 17.7 Å². The molecule has 0 saturated carbocycles. The molecular formula is C20H20N6O2. The number of rotatable bonds is 4. The maximum absolute atomic E-state index is 12.5. The van der Waals surface area contributed by atoms with Crippen molar-refractivity contribution in [1.82, 2.24) is 30.2 Å². The van der Waals surface area contributed by atoms with Crippen molar-refractivity contribution in [1.29, 1.82) is 0 Å². The number of nitrogens with one attached hydrogen (secondary N) is 2. The lowest BCUT2D eigenvalue weighted by Crippen LogP contribution is -2.27. The molecule has 2 N–H and O–H groups in total. The van der Waals surface area contributed by atoms with Gasteiger partial charge in [-0.3, -0.25) is 9.48 Å². The van der Waals surface area contributed by atoms with Crippen LogP contribution in [0.5, 0.6) is 0 Å². The quantitative estimate of drug-likeness (QED) is 0.566. The molecule has 5 rings (SSSR count). The second kappa shape index (κ2) is 6.72. The summed E-state index contributed by atoms with van der Waals surface area (Å²) in [7, 11) is 0. The summed E-state index contributed by atoms with van der Waals surface area (Å²) in [6.07, 6.45) is 2.67. The fraction of sp³-hybridized carbons (Fsp3) is 0.300. The van der Waals surface area contributed by atoms with Crippen molar-refractivity contribution in [2.24, 2.45) is 0 Å². The van der Waals surface area contributed by atoms with Crippen LogP contribution in [-0.2, 0) is 19.5 Å². The Kier molecular flexibility index (Phi) is 4.05. The predicted molar refractivity (Wildman–Crippen MR) is 104 cm³/mol. The van der Waals surface area contributed by atoms with Gasteiger partial charge in [0.1, 0.15) is 0 Å².